The van der Waals surface area contributed by atoms with Crippen molar-refractivity contribution in [2.24, 2.45) is 40.4 Å². The van der Waals surface area contributed by atoms with Crippen LogP contribution in [0.1, 0.15) is 112 Å². The molecule has 4 saturated carbocycles. The third kappa shape index (κ3) is 5.22. The fourth-order valence-corrected chi connectivity index (χ4v) is 10.4. The van der Waals surface area contributed by atoms with Crippen LogP contribution in [0.4, 0.5) is 0 Å². The summed E-state index contributed by atoms with van der Waals surface area (Å²) in [7, 11) is -1.81. The third-order valence-corrected chi connectivity index (χ3v) is 16.7. The summed E-state index contributed by atoms with van der Waals surface area (Å²) in [6.07, 6.45) is 18.6. The lowest BCUT2D eigenvalue weighted by Crippen LogP contribution is -2.58. The molecule has 3 nitrogen and oxygen atoms in total. The van der Waals surface area contributed by atoms with Gasteiger partial charge in [-0.2, -0.15) is 0 Å². The van der Waals surface area contributed by atoms with Gasteiger partial charge in [0.1, 0.15) is 5.78 Å². The Morgan fingerprint density at radius 1 is 1.03 bits per heavy atom. The molecule has 4 aliphatic carbocycles. The van der Waals surface area contributed by atoms with Crippen LogP contribution in [-0.4, -0.2) is 31.9 Å². The summed E-state index contributed by atoms with van der Waals surface area (Å²) in [6, 6.07) is 0. The zero-order valence-corrected chi connectivity index (χ0v) is 25.6. The van der Waals surface area contributed by atoms with Crippen molar-refractivity contribution in [3.8, 4) is 0 Å². The summed E-state index contributed by atoms with van der Waals surface area (Å²) in [5.74, 6) is 4.09. The molecule has 0 heterocycles. The van der Waals surface area contributed by atoms with Gasteiger partial charge in [-0.1, -0.05) is 46.8 Å². The molecule has 4 aliphatic rings. The van der Waals surface area contributed by atoms with Crippen molar-refractivity contribution < 1.29 is 14.3 Å². The normalized spacial score (nSPS) is 41.3. The Balaban J connectivity index is 1.58. The van der Waals surface area contributed by atoms with Crippen LogP contribution in [0.3, 0.4) is 0 Å². The summed E-state index contributed by atoms with van der Waals surface area (Å²) in [5, 5.41) is 9.35. The highest BCUT2D eigenvalue weighted by Gasteiger charge is 2.63. The van der Waals surface area contributed by atoms with Gasteiger partial charge < -0.3 is 9.53 Å². The fourth-order valence-electron chi connectivity index (χ4n) is 8.90. The second-order valence-electron chi connectivity index (χ2n) is 15.1. The van der Waals surface area contributed by atoms with E-state index in [4.69, 9.17) is 9.53 Å². The van der Waals surface area contributed by atoms with E-state index >= 15 is 0 Å². The minimum absolute atomic E-state index is 0.252. The number of hydrogen-bond donors (Lipinski definition) is 1. The highest BCUT2D eigenvalue weighted by Crippen LogP contribution is 2.68. The van der Waals surface area contributed by atoms with Gasteiger partial charge in [0.05, 0.1) is 6.10 Å². The predicted molar refractivity (Wildman–Crippen MR) is 152 cm³/mol. The van der Waals surface area contributed by atoms with Gasteiger partial charge in [-0.3, -0.25) is 4.79 Å². The fraction of sp³-hybridized carbons (Fsp3) is 0.906. The Kier molecular flexibility index (Phi) is 8.41. The van der Waals surface area contributed by atoms with Gasteiger partial charge >= 0.3 is 0 Å². The van der Waals surface area contributed by atoms with Crippen molar-refractivity contribution >= 4 is 14.1 Å². The van der Waals surface area contributed by atoms with E-state index in [2.05, 4.69) is 59.9 Å². The zero-order valence-electron chi connectivity index (χ0n) is 24.6. The molecule has 36 heavy (non-hydrogen) atoms. The number of unbranched alkanes of at least 4 members (excludes halogenated alkanes) is 2. The van der Waals surface area contributed by atoms with E-state index in [0.717, 1.165) is 56.3 Å². The topological polar surface area (TPSA) is 46.5 Å². The summed E-state index contributed by atoms with van der Waals surface area (Å²) < 4.78 is 7.19. The van der Waals surface area contributed by atoms with Crippen molar-refractivity contribution in [2.75, 3.05) is 6.61 Å². The molecule has 3 unspecified atom stereocenters. The SMILES string of the molecule is CC(C)(C)[Si](C)(C)OC1CC[C@H]2[C@@H]3C(CC=CCCCCO)CC4CC(=O)CC[C@]4(C)[C@@H]3CC[C@]12C. The van der Waals surface area contributed by atoms with Gasteiger partial charge in [0.2, 0.25) is 0 Å². The molecule has 4 fully saturated rings. The maximum atomic E-state index is 12.5. The molecule has 4 rings (SSSR count). The van der Waals surface area contributed by atoms with Gasteiger partial charge in [0.25, 0.3) is 0 Å². The van der Waals surface area contributed by atoms with Crippen LogP contribution in [0.2, 0.25) is 18.1 Å². The average molecular weight is 517 g/mol. The number of carbonyl (C=O) groups is 1. The van der Waals surface area contributed by atoms with Crippen LogP contribution in [0.25, 0.3) is 0 Å². The van der Waals surface area contributed by atoms with Crippen molar-refractivity contribution in [2.45, 2.75) is 136 Å². The molecular formula is C32H56O3Si. The maximum Gasteiger partial charge on any atom is 0.192 e. The van der Waals surface area contributed by atoms with Gasteiger partial charge in [-0.25, -0.2) is 0 Å². The molecule has 206 valence electrons. The Hall–Kier alpha value is -0.453. The van der Waals surface area contributed by atoms with Crippen molar-refractivity contribution in [3.05, 3.63) is 12.2 Å². The van der Waals surface area contributed by atoms with Crippen LogP contribution < -0.4 is 0 Å². The van der Waals surface area contributed by atoms with Gasteiger partial charge in [-0.15, -0.1) is 0 Å². The second kappa shape index (κ2) is 10.6. The Morgan fingerprint density at radius 3 is 2.44 bits per heavy atom. The molecule has 4 heteroatoms. The van der Waals surface area contributed by atoms with E-state index < -0.39 is 8.32 Å². The second-order valence-corrected chi connectivity index (χ2v) is 19.9. The molecule has 0 radical (unpaired) electrons. The smallest absolute Gasteiger partial charge is 0.192 e. The number of Topliss-reactive ketones (excluding diaryl/α,β-unsaturated/α-hetero) is 1. The molecule has 0 aromatic carbocycles. The molecule has 0 spiro atoms. The van der Waals surface area contributed by atoms with Crippen LogP contribution in [0, 0.1) is 40.4 Å². The number of carbonyl (C=O) groups excluding carboxylic acids is 1. The molecule has 0 amide bonds. The first-order valence-corrected chi connectivity index (χ1v) is 18.2. The summed E-state index contributed by atoms with van der Waals surface area (Å²) in [6.45, 7) is 17.5. The minimum atomic E-state index is -1.81. The maximum absolute atomic E-state index is 12.5. The van der Waals surface area contributed by atoms with Crippen molar-refractivity contribution in [1.29, 1.82) is 0 Å². The number of allylic oxidation sites excluding steroid dienone is 2. The standard InChI is InChI=1S/C32H56O3Si/c1-30(2,3)36(6,7)35-28-15-14-26-29-23(13-11-9-8-10-12-20-33)21-24-22-25(34)16-18-31(24,4)27(29)17-19-32(26,28)5/h9,11,23-24,26-29,33H,8,10,12-22H2,1-7H3/t23?,24?,26-,27+,28?,29-,31-,32-/m0/s1. The van der Waals surface area contributed by atoms with Crippen LogP contribution in [0.5, 0.6) is 0 Å². The highest BCUT2D eigenvalue weighted by atomic mass is 28.4. The zero-order chi connectivity index (χ0) is 26.4. The Bertz CT molecular complexity index is 813. The van der Waals surface area contributed by atoms with Crippen LogP contribution in [-0.2, 0) is 9.22 Å². The third-order valence-electron chi connectivity index (χ3n) is 12.2. The lowest BCUT2D eigenvalue weighted by molar-refractivity contribution is -0.154. The predicted octanol–water partition coefficient (Wildman–Crippen LogP) is 8.32. The molecule has 0 saturated heterocycles. The largest absolute Gasteiger partial charge is 0.413 e. The van der Waals surface area contributed by atoms with E-state index in [1.165, 1.54) is 38.5 Å². The minimum Gasteiger partial charge on any atom is -0.413 e. The van der Waals surface area contributed by atoms with E-state index in [1.54, 1.807) is 0 Å². The van der Waals surface area contributed by atoms with Crippen LogP contribution in [0.15, 0.2) is 12.2 Å². The molecule has 0 bridgehead atoms. The van der Waals surface area contributed by atoms with E-state index in [0.29, 0.717) is 41.2 Å². The van der Waals surface area contributed by atoms with E-state index in [-0.39, 0.29) is 5.04 Å². The molecule has 0 aliphatic heterocycles. The summed E-state index contributed by atoms with van der Waals surface area (Å²) in [5.41, 5.74) is 0.646. The summed E-state index contributed by atoms with van der Waals surface area (Å²) in [4.78, 5) is 12.5. The Morgan fingerprint density at radius 2 is 1.75 bits per heavy atom. The van der Waals surface area contributed by atoms with Crippen LogP contribution >= 0.6 is 0 Å². The number of ketones is 1. The molecule has 8 atom stereocenters. The number of aliphatic hydroxyl groups is 1. The first-order valence-electron chi connectivity index (χ1n) is 15.3. The number of hydrogen-bond acceptors (Lipinski definition) is 3. The highest BCUT2D eigenvalue weighted by molar-refractivity contribution is 6.74. The van der Waals surface area contributed by atoms with Gasteiger partial charge in [0, 0.05) is 19.4 Å². The van der Waals surface area contributed by atoms with Crippen molar-refractivity contribution in [3.63, 3.8) is 0 Å². The van der Waals surface area contributed by atoms with Crippen molar-refractivity contribution in [1.82, 2.24) is 0 Å². The van der Waals surface area contributed by atoms with E-state index in [9.17, 15) is 4.79 Å². The van der Waals surface area contributed by atoms with Gasteiger partial charge in [0.15, 0.2) is 8.32 Å². The molecule has 0 aromatic heterocycles. The molecule has 0 aromatic rings. The van der Waals surface area contributed by atoms with Gasteiger partial charge in [-0.05, 0) is 123 Å². The lowest BCUT2D eigenvalue weighted by atomic mass is 9.42. The first-order chi connectivity index (χ1) is 16.8. The quantitative estimate of drug-likeness (QED) is 0.200. The average Bonchev–Trinajstić information content (AvgIpc) is 3.11. The lowest BCUT2D eigenvalue weighted by Gasteiger charge is -2.62. The number of aliphatic hydroxyl groups excluding tert-OH is 1. The molecular weight excluding hydrogens is 460 g/mol. The Labute approximate surface area is 223 Å². The number of rotatable bonds is 8. The monoisotopic (exact) mass is 516 g/mol. The van der Waals surface area contributed by atoms with E-state index in [1.807, 2.05) is 0 Å². The first kappa shape index (κ1) is 28.6. The number of fused-ring (bicyclic) bond motifs is 5. The molecule has 1 N–H and O–H groups in total. The summed E-state index contributed by atoms with van der Waals surface area (Å²) >= 11 is 0.